The van der Waals surface area contributed by atoms with Crippen LogP contribution in [0.25, 0.3) is 6.08 Å². The van der Waals surface area contributed by atoms with Crippen molar-refractivity contribution in [3.63, 3.8) is 0 Å². The quantitative estimate of drug-likeness (QED) is 0.462. The average Bonchev–Trinajstić information content (AvgIpc) is 3.35. The molecule has 1 N–H and O–H groups in total. The summed E-state index contributed by atoms with van der Waals surface area (Å²) in [4.78, 5) is 30.6. The lowest BCUT2D eigenvalue weighted by Crippen LogP contribution is -2.29. The highest BCUT2D eigenvalue weighted by Crippen LogP contribution is 2.36. The number of hydrogen-bond donors (Lipinski definition) is 1. The van der Waals surface area contributed by atoms with Crippen molar-refractivity contribution >= 4 is 51.4 Å². The van der Waals surface area contributed by atoms with Crippen LogP contribution in [0.5, 0.6) is 11.5 Å². The number of carboxylic acids is 1. The van der Waals surface area contributed by atoms with E-state index in [0.29, 0.717) is 39.9 Å². The minimum absolute atomic E-state index is 0.0430. The molecule has 11 heteroatoms. The molecule has 9 nitrogen and oxygen atoms in total. The second-order valence-electron chi connectivity index (χ2n) is 6.93. The van der Waals surface area contributed by atoms with Crippen LogP contribution in [0.4, 0.5) is 5.13 Å². The third-order valence-electron chi connectivity index (χ3n) is 4.42. The van der Waals surface area contributed by atoms with Crippen molar-refractivity contribution in [3.8, 4) is 11.5 Å². The molecule has 0 atom stereocenters. The van der Waals surface area contributed by atoms with Crippen molar-refractivity contribution in [2.45, 2.75) is 40.0 Å². The summed E-state index contributed by atoms with van der Waals surface area (Å²) in [6, 6.07) is 5.30. The van der Waals surface area contributed by atoms with Gasteiger partial charge in [0.2, 0.25) is 5.13 Å². The van der Waals surface area contributed by atoms with Gasteiger partial charge in [0.15, 0.2) is 16.7 Å². The highest BCUT2D eigenvalue weighted by molar-refractivity contribution is 8.18. The Morgan fingerprint density at radius 1 is 1.21 bits per heavy atom. The zero-order chi connectivity index (χ0) is 23.8. The van der Waals surface area contributed by atoms with Gasteiger partial charge in [-0.1, -0.05) is 31.3 Å². The summed E-state index contributed by atoms with van der Waals surface area (Å²) in [5.74, 6) is -0.0864. The summed E-state index contributed by atoms with van der Waals surface area (Å²) in [6.45, 7) is 6.89. The Morgan fingerprint density at radius 3 is 2.70 bits per heavy atom. The van der Waals surface area contributed by atoms with Crippen molar-refractivity contribution in [2.75, 3.05) is 19.8 Å². The molecule has 0 aliphatic carbocycles. The Labute approximate surface area is 200 Å². The maximum Gasteiger partial charge on any atom is 0.306 e. The summed E-state index contributed by atoms with van der Waals surface area (Å²) in [5.41, 5.74) is 0.766. The molecular weight excluding hydrogens is 464 g/mol. The minimum atomic E-state index is -0.931. The smallest absolute Gasteiger partial charge is 0.306 e. The van der Waals surface area contributed by atoms with Crippen molar-refractivity contribution in [1.29, 1.82) is 0 Å². The first kappa shape index (κ1) is 24.7. The van der Waals surface area contributed by atoms with E-state index in [4.69, 9.17) is 14.6 Å². The highest BCUT2D eigenvalue weighted by atomic mass is 32.2. The fraction of sp³-hybridized carbons (Fsp3) is 0.409. The van der Waals surface area contributed by atoms with Crippen LogP contribution in [-0.2, 0) is 16.0 Å². The normalized spacial score (nSPS) is 16.1. The Bertz CT molecular complexity index is 1070. The number of benzene rings is 1. The van der Waals surface area contributed by atoms with Crippen LogP contribution in [0.15, 0.2) is 28.1 Å². The molecule has 0 radical (unpaired) electrons. The number of amidine groups is 1. The predicted molar refractivity (Wildman–Crippen MR) is 129 cm³/mol. The van der Waals surface area contributed by atoms with Gasteiger partial charge in [-0.25, -0.2) is 0 Å². The van der Waals surface area contributed by atoms with Crippen molar-refractivity contribution in [1.82, 2.24) is 15.1 Å². The van der Waals surface area contributed by atoms with Crippen molar-refractivity contribution < 1.29 is 24.2 Å². The molecule has 1 aromatic heterocycles. The third-order valence-corrected chi connectivity index (χ3v) is 6.39. The van der Waals surface area contributed by atoms with Crippen LogP contribution >= 0.6 is 23.1 Å². The van der Waals surface area contributed by atoms with E-state index in [1.165, 1.54) is 23.1 Å². The molecule has 0 unspecified atom stereocenters. The van der Waals surface area contributed by atoms with Gasteiger partial charge in [0.1, 0.15) is 5.01 Å². The number of carbonyl (C=O) groups is 2. The van der Waals surface area contributed by atoms with Gasteiger partial charge in [0.25, 0.3) is 5.91 Å². The van der Waals surface area contributed by atoms with Gasteiger partial charge in [-0.3, -0.25) is 14.5 Å². The molecule has 1 saturated heterocycles. The Kier molecular flexibility index (Phi) is 8.84. The largest absolute Gasteiger partial charge is 0.490 e. The SMILES string of the molecule is CCCN1C(=O)/C(=C\c2ccc(OCCC(=O)O)c(OCC)c2)S/C1=N/c1nnc(CC)s1. The standard InChI is InChI=1S/C22H26N4O5S2/c1-4-10-26-20(29)17(32-22(26)23-21-25-24-18(5-2)33-21)13-14-7-8-15(16(12-14)30-6-3)31-11-9-19(27)28/h7-8,12-13H,4-6,9-11H2,1-3H3,(H,27,28)/b17-13+,23-22+. The summed E-state index contributed by atoms with van der Waals surface area (Å²) < 4.78 is 11.2. The maximum atomic E-state index is 13.1. The number of aliphatic imine (C=N–C) groups is 1. The first-order valence-electron chi connectivity index (χ1n) is 10.7. The molecule has 33 heavy (non-hydrogen) atoms. The highest BCUT2D eigenvalue weighted by Gasteiger charge is 2.33. The molecule has 2 heterocycles. The number of ether oxygens (including phenoxy) is 2. The maximum absolute atomic E-state index is 13.1. The Morgan fingerprint density at radius 2 is 2.03 bits per heavy atom. The van der Waals surface area contributed by atoms with E-state index in [-0.39, 0.29) is 18.9 Å². The van der Waals surface area contributed by atoms with Crippen LogP contribution in [0.3, 0.4) is 0 Å². The molecule has 1 aromatic carbocycles. The number of aryl methyl sites for hydroxylation is 1. The molecule has 176 valence electrons. The molecule has 1 fully saturated rings. The van der Waals surface area contributed by atoms with E-state index in [0.717, 1.165) is 23.4 Å². The lowest BCUT2D eigenvalue weighted by atomic mass is 10.2. The third kappa shape index (κ3) is 6.55. The minimum Gasteiger partial charge on any atom is -0.490 e. The number of hydrogen-bond acceptors (Lipinski definition) is 9. The monoisotopic (exact) mass is 490 g/mol. The summed E-state index contributed by atoms with van der Waals surface area (Å²) >= 11 is 2.72. The van der Waals surface area contributed by atoms with Gasteiger partial charge in [-0.2, -0.15) is 4.99 Å². The molecule has 0 saturated carbocycles. The number of nitrogens with zero attached hydrogens (tertiary/aromatic N) is 4. The second kappa shape index (κ2) is 11.8. The van der Waals surface area contributed by atoms with Crippen LogP contribution in [0.2, 0.25) is 0 Å². The Hall–Kier alpha value is -2.92. The molecule has 1 amide bonds. The van der Waals surface area contributed by atoms with Crippen molar-refractivity contribution in [3.05, 3.63) is 33.7 Å². The molecule has 0 spiro atoms. The van der Waals surface area contributed by atoms with Crippen LogP contribution in [-0.4, -0.2) is 57.0 Å². The number of amides is 1. The fourth-order valence-corrected chi connectivity index (χ4v) is 4.64. The first-order valence-corrected chi connectivity index (χ1v) is 12.3. The lowest BCUT2D eigenvalue weighted by Gasteiger charge is -2.13. The van der Waals surface area contributed by atoms with Gasteiger partial charge in [0.05, 0.1) is 24.5 Å². The van der Waals surface area contributed by atoms with E-state index in [9.17, 15) is 9.59 Å². The molecule has 1 aliphatic rings. The van der Waals surface area contributed by atoms with E-state index >= 15 is 0 Å². The summed E-state index contributed by atoms with van der Waals surface area (Å²) in [6.07, 6.45) is 3.27. The zero-order valence-electron chi connectivity index (χ0n) is 18.7. The van der Waals surface area contributed by atoms with Crippen LogP contribution < -0.4 is 9.47 Å². The lowest BCUT2D eigenvalue weighted by molar-refractivity contribution is -0.137. The average molecular weight is 491 g/mol. The second-order valence-corrected chi connectivity index (χ2v) is 8.97. The summed E-state index contributed by atoms with van der Waals surface area (Å²) in [7, 11) is 0. The van der Waals surface area contributed by atoms with Gasteiger partial charge in [-0.05, 0) is 55.3 Å². The van der Waals surface area contributed by atoms with Gasteiger partial charge in [-0.15, -0.1) is 10.2 Å². The molecule has 1 aliphatic heterocycles. The zero-order valence-corrected chi connectivity index (χ0v) is 20.4. The number of rotatable bonds is 11. The molecule has 0 bridgehead atoms. The topological polar surface area (TPSA) is 114 Å². The van der Waals surface area contributed by atoms with E-state index in [2.05, 4.69) is 15.2 Å². The van der Waals surface area contributed by atoms with Gasteiger partial charge >= 0.3 is 5.97 Å². The number of thioether (sulfide) groups is 1. The number of carbonyl (C=O) groups excluding carboxylic acids is 1. The number of carboxylic acid groups (broad SMARTS) is 1. The van der Waals surface area contributed by atoms with Gasteiger partial charge < -0.3 is 14.6 Å². The van der Waals surface area contributed by atoms with Crippen LogP contribution in [0, 0.1) is 0 Å². The number of aromatic nitrogens is 2. The van der Waals surface area contributed by atoms with E-state index in [1.807, 2.05) is 20.8 Å². The van der Waals surface area contributed by atoms with Gasteiger partial charge in [0, 0.05) is 6.54 Å². The molecule has 3 rings (SSSR count). The summed E-state index contributed by atoms with van der Waals surface area (Å²) in [5, 5.41) is 19.0. The molecular formula is C22H26N4O5S2. The van der Waals surface area contributed by atoms with E-state index in [1.54, 1.807) is 29.2 Å². The van der Waals surface area contributed by atoms with E-state index < -0.39 is 5.97 Å². The van der Waals surface area contributed by atoms with Crippen LogP contribution in [0.1, 0.15) is 44.2 Å². The van der Waals surface area contributed by atoms with Crippen molar-refractivity contribution in [2.24, 2.45) is 4.99 Å². The Balaban J connectivity index is 1.85. The fourth-order valence-electron chi connectivity index (χ4n) is 2.93. The number of aliphatic carboxylic acids is 1. The first-order chi connectivity index (χ1) is 15.9. The molecule has 2 aromatic rings. The predicted octanol–water partition coefficient (Wildman–Crippen LogP) is 4.37.